The van der Waals surface area contributed by atoms with Crippen LogP contribution in [0.5, 0.6) is 11.5 Å². The molecule has 2 aliphatic rings. The van der Waals surface area contributed by atoms with Crippen molar-refractivity contribution in [3.63, 3.8) is 0 Å². The summed E-state index contributed by atoms with van der Waals surface area (Å²) in [5, 5.41) is 19.8. The molecule has 0 radical (unpaired) electrons. The Kier molecular flexibility index (Phi) is 5.02. The zero-order valence-corrected chi connectivity index (χ0v) is 17.4. The Balaban J connectivity index is 1.40. The number of rotatable bonds is 5. The van der Waals surface area contributed by atoms with E-state index in [4.69, 9.17) is 10.5 Å². The number of aryl methyl sites for hydroxylation is 2. The van der Waals surface area contributed by atoms with Gasteiger partial charge in [0, 0.05) is 25.0 Å². The number of aliphatic hydroxyl groups excluding tert-OH is 1. The lowest BCUT2D eigenvalue weighted by atomic mass is 9.53. The van der Waals surface area contributed by atoms with Gasteiger partial charge in [-0.25, -0.2) is 4.98 Å². The summed E-state index contributed by atoms with van der Waals surface area (Å²) in [5.74, 6) is 1.23. The quantitative estimate of drug-likeness (QED) is 0.617. The summed E-state index contributed by atoms with van der Waals surface area (Å²) < 4.78 is 8.24. The van der Waals surface area contributed by atoms with Gasteiger partial charge in [0.05, 0.1) is 17.9 Å². The molecule has 1 unspecified atom stereocenters. The highest BCUT2D eigenvalue weighted by atomic mass is 16.5. The number of aromatic nitrogens is 2. The van der Waals surface area contributed by atoms with E-state index in [2.05, 4.69) is 21.9 Å². The van der Waals surface area contributed by atoms with E-state index in [9.17, 15) is 10.4 Å². The zero-order chi connectivity index (χ0) is 21.5. The minimum Gasteiger partial charge on any atom is -0.456 e. The van der Waals surface area contributed by atoms with E-state index in [-0.39, 0.29) is 12.9 Å². The van der Waals surface area contributed by atoms with Crippen LogP contribution in [0.15, 0.2) is 48.9 Å². The molecule has 0 aliphatic carbocycles. The topological polar surface area (TPSA) is 100 Å². The smallest absolute Gasteiger partial charge is 0.260 e. The molecule has 3 N–H and O–H groups in total. The molecule has 8 heteroatoms. The van der Waals surface area contributed by atoms with Crippen molar-refractivity contribution in [2.24, 2.45) is 5.73 Å². The van der Waals surface area contributed by atoms with Crippen LogP contribution in [0.25, 0.3) is 0 Å². The normalized spacial score (nSPS) is 20.3. The second-order valence-electron chi connectivity index (χ2n) is 8.40. The summed E-state index contributed by atoms with van der Waals surface area (Å²) >= 11 is 0. The Morgan fingerprint density at radius 1 is 1.32 bits per heavy atom. The fraction of sp³-hybridized carbons (Fsp3) is 0.304. The molecule has 7 nitrogen and oxygen atoms in total. The summed E-state index contributed by atoms with van der Waals surface area (Å²) in [6.07, 6.45) is 4.97. The Morgan fingerprint density at radius 2 is 2.19 bits per heavy atom. The van der Waals surface area contributed by atoms with Crippen molar-refractivity contribution >= 4 is 12.3 Å². The molecule has 0 spiro atoms. The number of aliphatic hydroxyl groups is 1. The Labute approximate surface area is 181 Å². The van der Waals surface area contributed by atoms with Crippen molar-refractivity contribution in [3.05, 3.63) is 71.3 Å². The highest BCUT2D eigenvalue weighted by Gasteiger charge is 2.44. The van der Waals surface area contributed by atoms with Gasteiger partial charge in [0.25, 0.3) is 6.85 Å². The fourth-order valence-corrected chi connectivity index (χ4v) is 4.55. The van der Waals surface area contributed by atoms with Crippen LogP contribution >= 0.6 is 0 Å². The molecular weight excluding hydrogens is 389 g/mol. The van der Waals surface area contributed by atoms with Gasteiger partial charge in [-0.05, 0) is 43.2 Å². The summed E-state index contributed by atoms with van der Waals surface area (Å²) in [6.45, 7) is 3.52. The van der Waals surface area contributed by atoms with Gasteiger partial charge in [0.15, 0.2) is 0 Å². The van der Waals surface area contributed by atoms with Crippen molar-refractivity contribution in [1.82, 2.24) is 14.4 Å². The van der Waals surface area contributed by atoms with Gasteiger partial charge >= 0.3 is 0 Å². The van der Waals surface area contributed by atoms with E-state index in [1.807, 2.05) is 42.0 Å². The van der Waals surface area contributed by atoms with Gasteiger partial charge in [-0.3, -0.25) is 0 Å². The highest BCUT2D eigenvalue weighted by Crippen LogP contribution is 2.30. The van der Waals surface area contributed by atoms with E-state index in [0.29, 0.717) is 30.2 Å². The maximum absolute atomic E-state index is 10.2. The van der Waals surface area contributed by atoms with Gasteiger partial charge in [0.1, 0.15) is 23.8 Å². The van der Waals surface area contributed by atoms with Crippen molar-refractivity contribution in [1.29, 1.82) is 5.26 Å². The number of nitriles is 1. The zero-order valence-electron chi connectivity index (χ0n) is 17.4. The van der Waals surface area contributed by atoms with Crippen molar-refractivity contribution in [2.45, 2.75) is 38.5 Å². The molecule has 31 heavy (non-hydrogen) atoms. The molecular formula is C23H24BN5O2. The van der Waals surface area contributed by atoms with E-state index in [1.165, 1.54) is 11.0 Å². The van der Waals surface area contributed by atoms with Crippen LogP contribution < -0.4 is 15.9 Å². The second kappa shape index (κ2) is 7.86. The van der Waals surface area contributed by atoms with E-state index in [0.717, 1.165) is 24.0 Å². The van der Waals surface area contributed by atoms with Crippen LogP contribution in [-0.2, 0) is 13.0 Å². The molecule has 5 rings (SSSR count). The molecule has 2 aromatic carbocycles. The van der Waals surface area contributed by atoms with Crippen LogP contribution in [0, 0.1) is 18.3 Å². The van der Waals surface area contributed by atoms with Gasteiger partial charge in [-0.1, -0.05) is 29.5 Å². The molecule has 0 bridgehead atoms. The molecule has 0 saturated carbocycles. The lowest BCUT2D eigenvalue weighted by Gasteiger charge is -2.46. The second-order valence-corrected chi connectivity index (χ2v) is 8.40. The molecule has 1 aromatic heterocycles. The van der Waals surface area contributed by atoms with Crippen LogP contribution in [0.2, 0.25) is 6.32 Å². The average Bonchev–Trinajstić information content (AvgIpc) is 3.37. The number of benzene rings is 2. The molecule has 2 aliphatic heterocycles. The summed E-state index contributed by atoms with van der Waals surface area (Å²) in [5.41, 5.74) is 10.9. The highest BCUT2D eigenvalue weighted by molar-refractivity contribution is 6.72. The summed E-state index contributed by atoms with van der Waals surface area (Å²) in [6, 6.07) is 13.8. The number of imidazole rings is 1. The number of ether oxygens (including phenoxy) is 1. The summed E-state index contributed by atoms with van der Waals surface area (Å²) in [4.78, 5) is 6.22. The SMILES string of the molecule is Cc1cncn1Cc1ccc(C#N)c(Oc2ccc3c(c2)B(N2C[C@@H](N)C2O)CC3)c1. The molecule has 156 valence electrons. The van der Waals surface area contributed by atoms with Crippen molar-refractivity contribution in [2.75, 3.05) is 6.54 Å². The first kappa shape index (κ1) is 19.8. The Hall–Kier alpha value is -3.12. The third-order valence-electron chi connectivity index (χ3n) is 6.38. The molecule has 3 heterocycles. The van der Waals surface area contributed by atoms with Crippen LogP contribution in [0.3, 0.4) is 0 Å². The largest absolute Gasteiger partial charge is 0.456 e. The number of fused-ring (bicyclic) bond motifs is 1. The standard InChI is InChI=1S/C23H24BN5O2/c1-15-11-27-14-28(15)12-16-2-3-18(10-25)22(8-16)31-19-5-4-17-6-7-24(20(17)9-19)29-13-21(26)23(29)30/h2-5,8-9,11,14,21,23,30H,6-7,12-13,26H2,1H3/t21-,23?/m1/s1. The van der Waals surface area contributed by atoms with Crippen molar-refractivity contribution < 1.29 is 9.84 Å². The van der Waals surface area contributed by atoms with Gasteiger partial charge < -0.3 is 25.0 Å². The Bertz CT molecular complexity index is 1170. The average molecular weight is 413 g/mol. The van der Waals surface area contributed by atoms with E-state index < -0.39 is 6.23 Å². The fourth-order valence-electron chi connectivity index (χ4n) is 4.55. The molecule has 1 fully saturated rings. The van der Waals surface area contributed by atoms with Crippen LogP contribution in [0.1, 0.15) is 22.4 Å². The number of hydrogen-bond donors (Lipinski definition) is 2. The van der Waals surface area contributed by atoms with Gasteiger partial charge in [-0.15, -0.1) is 0 Å². The molecule has 3 aromatic rings. The summed E-state index contributed by atoms with van der Waals surface area (Å²) in [7, 11) is 0. The lowest BCUT2D eigenvalue weighted by Crippen LogP contribution is -2.70. The van der Waals surface area contributed by atoms with E-state index >= 15 is 0 Å². The van der Waals surface area contributed by atoms with E-state index in [1.54, 1.807) is 12.4 Å². The molecule has 1 saturated heterocycles. The first-order chi connectivity index (χ1) is 15.0. The Morgan fingerprint density at radius 3 is 2.90 bits per heavy atom. The third kappa shape index (κ3) is 3.61. The van der Waals surface area contributed by atoms with Crippen LogP contribution in [0.4, 0.5) is 0 Å². The number of hydrogen-bond acceptors (Lipinski definition) is 6. The third-order valence-corrected chi connectivity index (χ3v) is 6.38. The van der Waals surface area contributed by atoms with Gasteiger partial charge in [0.2, 0.25) is 0 Å². The molecule has 2 atom stereocenters. The van der Waals surface area contributed by atoms with Crippen LogP contribution in [-0.4, -0.2) is 45.1 Å². The van der Waals surface area contributed by atoms with Gasteiger partial charge in [-0.2, -0.15) is 5.26 Å². The van der Waals surface area contributed by atoms with Crippen molar-refractivity contribution in [3.8, 4) is 17.6 Å². The lowest BCUT2D eigenvalue weighted by molar-refractivity contribution is -0.0385. The number of nitrogens with zero attached hydrogens (tertiary/aromatic N) is 4. The first-order valence-corrected chi connectivity index (χ1v) is 10.5. The maximum Gasteiger partial charge on any atom is 0.260 e. The first-order valence-electron chi connectivity index (χ1n) is 10.5. The number of nitrogens with two attached hydrogens (primary N) is 1. The monoisotopic (exact) mass is 413 g/mol. The molecule has 0 amide bonds. The predicted molar refractivity (Wildman–Crippen MR) is 118 cm³/mol. The minimum atomic E-state index is -0.589. The predicted octanol–water partition coefficient (Wildman–Crippen LogP) is 1.62. The maximum atomic E-state index is 10.2. The minimum absolute atomic E-state index is 0.152.